The molecule has 1 fully saturated rings. The van der Waals surface area contributed by atoms with Crippen LogP contribution >= 0.6 is 0 Å². The number of nitrogens with zero attached hydrogens (tertiary/aromatic N) is 2. The topological polar surface area (TPSA) is 61.9 Å². The Kier molecular flexibility index (Phi) is 6.48. The van der Waals surface area contributed by atoms with Gasteiger partial charge in [-0.25, -0.2) is 0 Å². The molecule has 1 heterocycles. The lowest BCUT2D eigenvalue weighted by molar-refractivity contribution is -0.131. The molecule has 2 rings (SSSR count). The number of ether oxygens (including phenoxy) is 1. The molecular formula is C16H21F2N3O3. The molecule has 0 radical (unpaired) electrons. The monoisotopic (exact) mass is 341 g/mol. The van der Waals surface area contributed by atoms with Crippen LogP contribution < -0.4 is 10.1 Å². The number of amides is 2. The average Bonchev–Trinajstić information content (AvgIpc) is 2.54. The first-order chi connectivity index (χ1) is 11.4. The van der Waals surface area contributed by atoms with Crippen LogP contribution in [0.1, 0.15) is 12.5 Å². The summed E-state index contributed by atoms with van der Waals surface area (Å²) in [4.78, 5) is 27.0. The number of carbonyl (C=O) groups is 2. The highest BCUT2D eigenvalue weighted by molar-refractivity contribution is 5.78. The second-order valence-corrected chi connectivity index (χ2v) is 5.58. The number of hydrogen-bond acceptors (Lipinski definition) is 4. The molecule has 0 atom stereocenters. The van der Waals surface area contributed by atoms with E-state index in [1.165, 1.54) is 12.1 Å². The smallest absolute Gasteiger partial charge is 0.387 e. The van der Waals surface area contributed by atoms with Gasteiger partial charge in [-0.3, -0.25) is 14.5 Å². The fraction of sp³-hybridized carbons (Fsp3) is 0.500. The van der Waals surface area contributed by atoms with Crippen LogP contribution in [0.5, 0.6) is 5.75 Å². The molecule has 2 amide bonds. The normalized spacial score (nSPS) is 15.4. The van der Waals surface area contributed by atoms with Crippen molar-refractivity contribution in [3.63, 3.8) is 0 Å². The highest BCUT2D eigenvalue weighted by Gasteiger charge is 2.20. The Labute approximate surface area is 139 Å². The standard InChI is InChI=1S/C16H21F2N3O3/c1-12(22)21-8-6-20(7-9-21)11-15(23)19-10-13-2-4-14(5-3-13)24-16(17)18/h2-5,16H,6-11H2,1H3,(H,19,23). The number of halogens is 2. The first-order valence-electron chi connectivity index (χ1n) is 7.72. The summed E-state index contributed by atoms with van der Waals surface area (Å²) in [6.07, 6.45) is 0. The maximum atomic E-state index is 12.1. The largest absolute Gasteiger partial charge is 0.435 e. The highest BCUT2D eigenvalue weighted by Crippen LogP contribution is 2.14. The van der Waals surface area contributed by atoms with E-state index < -0.39 is 6.61 Å². The van der Waals surface area contributed by atoms with Gasteiger partial charge in [0.1, 0.15) is 5.75 Å². The van der Waals surface area contributed by atoms with Crippen molar-refractivity contribution in [2.75, 3.05) is 32.7 Å². The van der Waals surface area contributed by atoms with E-state index in [1.807, 2.05) is 4.90 Å². The van der Waals surface area contributed by atoms with Gasteiger partial charge in [-0.05, 0) is 17.7 Å². The number of hydrogen-bond donors (Lipinski definition) is 1. The van der Waals surface area contributed by atoms with Gasteiger partial charge in [0, 0.05) is 39.6 Å². The van der Waals surface area contributed by atoms with Crippen molar-refractivity contribution in [3.05, 3.63) is 29.8 Å². The molecule has 1 aromatic carbocycles. The van der Waals surface area contributed by atoms with Crippen LogP contribution in [0.25, 0.3) is 0 Å². The Morgan fingerprint density at radius 3 is 2.33 bits per heavy atom. The molecule has 1 N–H and O–H groups in total. The molecule has 0 bridgehead atoms. The zero-order chi connectivity index (χ0) is 17.5. The Hall–Kier alpha value is -2.22. The van der Waals surface area contributed by atoms with Crippen LogP contribution in [0.2, 0.25) is 0 Å². The third-order valence-corrected chi connectivity index (χ3v) is 3.82. The summed E-state index contributed by atoms with van der Waals surface area (Å²) in [5.41, 5.74) is 0.798. The summed E-state index contributed by atoms with van der Waals surface area (Å²) in [5.74, 6) is 0.0287. The van der Waals surface area contributed by atoms with Crippen LogP contribution in [-0.4, -0.2) is 60.9 Å². The Balaban J connectivity index is 1.70. The molecule has 0 aliphatic carbocycles. The van der Waals surface area contributed by atoms with E-state index in [0.717, 1.165) is 5.56 Å². The quantitative estimate of drug-likeness (QED) is 0.841. The molecule has 1 aliphatic heterocycles. The van der Waals surface area contributed by atoms with Crippen molar-refractivity contribution in [3.8, 4) is 5.75 Å². The third-order valence-electron chi connectivity index (χ3n) is 3.82. The van der Waals surface area contributed by atoms with Crippen molar-refractivity contribution in [1.82, 2.24) is 15.1 Å². The minimum absolute atomic E-state index is 0.0540. The molecule has 8 heteroatoms. The van der Waals surface area contributed by atoms with Crippen molar-refractivity contribution < 1.29 is 23.1 Å². The van der Waals surface area contributed by atoms with Crippen LogP contribution in [0.4, 0.5) is 8.78 Å². The molecular weight excluding hydrogens is 320 g/mol. The molecule has 0 unspecified atom stereocenters. The zero-order valence-electron chi connectivity index (χ0n) is 13.5. The highest BCUT2D eigenvalue weighted by atomic mass is 19.3. The van der Waals surface area contributed by atoms with Gasteiger partial charge in [-0.15, -0.1) is 0 Å². The van der Waals surface area contributed by atoms with E-state index in [0.29, 0.717) is 32.7 Å². The summed E-state index contributed by atoms with van der Waals surface area (Å²) in [6, 6.07) is 6.14. The number of alkyl halides is 2. The molecule has 6 nitrogen and oxygen atoms in total. The Morgan fingerprint density at radius 1 is 1.17 bits per heavy atom. The summed E-state index contributed by atoms with van der Waals surface area (Å²) in [5, 5.41) is 2.79. The fourth-order valence-corrected chi connectivity index (χ4v) is 2.47. The van der Waals surface area contributed by atoms with E-state index in [1.54, 1.807) is 24.0 Å². The number of benzene rings is 1. The van der Waals surface area contributed by atoms with Crippen LogP contribution in [0.3, 0.4) is 0 Å². The molecule has 0 spiro atoms. The van der Waals surface area contributed by atoms with Crippen LogP contribution in [0, 0.1) is 0 Å². The van der Waals surface area contributed by atoms with Crippen LogP contribution in [0.15, 0.2) is 24.3 Å². The second-order valence-electron chi connectivity index (χ2n) is 5.58. The maximum absolute atomic E-state index is 12.1. The minimum Gasteiger partial charge on any atom is -0.435 e. The van der Waals surface area contributed by atoms with Gasteiger partial charge in [0.2, 0.25) is 11.8 Å². The SMILES string of the molecule is CC(=O)N1CCN(CC(=O)NCc2ccc(OC(F)F)cc2)CC1. The minimum atomic E-state index is -2.85. The zero-order valence-corrected chi connectivity index (χ0v) is 13.5. The molecule has 0 saturated carbocycles. The van der Waals surface area contributed by atoms with Gasteiger partial charge in [0.25, 0.3) is 0 Å². The molecule has 132 valence electrons. The Morgan fingerprint density at radius 2 is 1.79 bits per heavy atom. The molecule has 1 aromatic rings. The summed E-state index contributed by atoms with van der Waals surface area (Å²) in [6.45, 7) is 1.90. The predicted octanol–water partition coefficient (Wildman–Crippen LogP) is 1.07. The number of piperazine rings is 1. The van der Waals surface area contributed by atoms with Crippen molar-refractivity contribution >= 4 is 11.8 Å². The van der Waals surface area contributed by atoms with Crippen LogP contribution in [-0.2, 0) is 16.1 Å². The second kappa shape index (κ2) is 8.58. The lowest BCUT2D eigenvalue weighted by Crippen LogP contribution is -2.50. The van der Waals surface area contributed by atoms with Gasteiger partial charge in [-0.2, -0.15) is 8.78 Å². The number of nitrogens with one attached hydrogen (secondary N) is 1. The number of carbonyl (C=O) groups excluding carboxylic acids is 2. The summed E-state index contributed by atoms with van der Waals surface area (Å²) < 4.78 is 28.4. The maximum Gasteiger partial charge on any atom is 0.387 e. The molecule has 24 heavy (non-hydrogen) atoms. The van der Waals surface area contributed by atoms with Gasteiger partial charge >= 0.3 is 6.61 Å². The average molecular weight is 341 g/mol. The van der Waals surface area contributed by atoms with E-state index >= 15 is 0 Å². The van der Waals surface area contributed by atoms with E-state index in [4.69, 9.17) is 0 Å². The lowest BCUT2D eigenvalue weighted by Gasteiger charge is -2.33. The predicted molar refractivity (Wildman–Crippen MR) is 83.6 cm³/mol. The van der Waals surface area contributed by atoms with Crippen molar-refractivity contribution in [1.29, 1.82) is 0 Å². The first kappa shape index (κ1) is 18.1. The number of rotatable bonds is 6. The van der Waals surface area contributed by atoms with E-state index in [9.17, 15) is 18.4 Å². The van der Waals surface area contributed by atoms with Gasteiger partial charge in [-0.1, -0.05) is 12.1 Å². The van der Waals surface area contributed by atoms with E-state index in [2.05, 4.69) is 10.1 Å². The van der Waals surface area contributed by atoms with Crippen molar-refractivity contribution in [2.45, 2.75) is 20.1 Å². The molecule has 0 aromatic heterocycles. The molecule has 1 aliphatic rings. The summed E-state index contributed by atoms with van der Waals surface area (Å²) in [7, 11) is 0. The Bertz CT molecular complexity index is 558. The third kappa shape index (κ3) is 5.77. The van der Waals surface area contributed by atoms with E-state index in [-0.39, 0.29) is 24.1 Å². The van der Waals surface area contributed by atoms with Crippen molar-refractivity contribution in [2.24, 2.45) is 0 Å². The molecule has 1 saturated heterocycles. The van der Waals surface area contributed by atoms with Gasteiger partial charge in [0.15, 0.2) is 0 Å². The first-order valence-corrected chi connectivity index (χ1v) is 7.72. The van der Waals surface area contributed by atoms with Gasteiger partial charge < -0.3 is 15.0 Å². The summed E-state index contributed by atoms with van der Waals surface area (Å²) >= 11 is 0. The lowest BCUT2D eigenvalue weighted by atomic mass is 10.2. The fourth-order valence-electron chi connectivity index (χ4n) is 2.47. The van der Waals surface area contributed by atoms with Gasteiger partial charge in [0.05, 0.1) is 6.54 Å².